The van der Waals surface area contributed by atoms with Crippen molar-refractivity contribution in [3.8, 4) is 0 Å². The summed E-state index contributed by atoms with van der Waals surface area (Å²) in [7, 11) is 0. The minimum atomic E-state index is -0.542. The number of amides is 2. The molecular weight excluding hydrogens is 516 g/mol. The lowest BCUT2D eigenvalue weighted by atomic mass is 9.87. The molecule has 2 aromatic carbocycles. The lowest BCUT2D eigenvalue weighted by Crippen LogP contribution is -2.46. The zero-order chi connectivity index (χ0) is 29.9. The molecule has 2 atom stereocenters. The summed E-state index contributed by atoms with van der Waals surface area (Å²) < 4.78 is 11.4. The maximum atomic E-state index is 13.3. The van der Waals surface area contributed by atoms with Crippen molar-refractivity contribution < 1.29 is 19.1 Å². The normalized spacial score (nSPS) is 17.8. The Morgan fingerprint density at radius 1 is 1.05 bits per heavy atom. The molecule has 2 aromatic rings. The lowest BCUT2D eigenvalue weighted by molar-refractivity contribution is 0.0232. The van der Waals surface area contributed by atoms with Gasteiger partial charge in [-0.3, -0.25) is 5.41 Å². The van der Waals surface area contributed by atoms with E-state index in [2.05, 4.69) is 33.8 Å². The summed E-state index contributed by atoms with van der Waals surface area (Å²) in [6.45, 7) is 16.0. The van der Waals surface area contributed by atoms with E-state index in [9.17, 15) is 9.59 Å². The Balaban J connectivity index is 1.48. The highest BCUT2D eigenvalue weighted by molar-refractivity contribution is 6.03. The van der Waals surface area contributed by atoms with Crippen LogP contribution in [0.5, 0.6) is 0 Å². The third-order valence-corrected chi connectivity index (χ3v) is 8.03. The molecule has 2 aliphatic rings. The number of carbonyl (C=O) groups excluding carboxylic acids is 2. The minimum absolute atomic E-state index is 0.00154. The Hall–Kier alpha value is -3.55. The van der Waals surface area contributed by atoms with E-state index in [0.29, 0.717) is 31.9 Å². The van der Waals surface area contributed by atoms with Crippen LogP contribution in [-0.4, -0.2) is 58.6 Å². The van der Waals surface area contributed by atoms with E-state index >= 15 is 0 Å². The average Bonchev–Trinajstić information content (AvgIpc) is 3.48. The fourth-order valence-corrected chi connectivity index (χ4v) is 5.40. The number of nitrogens with one attached hydrogen (secondary N) is 1. The number of anilines is 1. The SMILES string of the molecule is C[C@H](N(Cc1ccc2c(c1)CC(=N)N2CC1CCCN1C(=O)OC(C)(C)C)C(=O)OCc1ccccc1)C(C)(C)C. The zero-order valence-electron chi connectivity index (χ0n) is 25.7. The van der Waals surface area contributed by atoms with E-state index in [1.165, 1.54) is 0 Å². The molecule has 0 aliphatic carbocycles. The molecule has 2 aliphatic heterocycles. The monoisotopic (exact) mass is 562 g/mol. The van der Waals surface area contributed by atoms with Gasteiger partial charge < -0.3 is 24.2 Å². The molecule has 1 fully saturated rings. The van der Waals surface area contributed by atoms with Gasteiger partial charge in [0.25, 0.3) is 0 Å². The van der Waals surface area contributed by atoms with Crippen LogP contribution in [0.3, 0.4) is 0 Å². The van der Waals surface area contributed by atoms with Crippen LogP contribution in [-0.2, 0) is 29.0 Å². The number of hydrogen-bond acceptors (Lipinski definition) is 5. The highest BCUT2D eigenvalue weighted by atomic mass is 16.6. The predicted molar refractivity (Wildman–Crippen MR) is 162 cm³/mol. The van der Waals surface area contributed by atoms with Crippen LogP contribution in [0.1, 0.15) is 78.0 Å². The molecule has 1 saturated heterocycles. The summed E-state index contributed by atoms with van der Waals surface area (Å²) in [5.41, 5.74) is 3.34. The molecule has 8 heteroatoms. The summed E-state index contributed by atoms with van der Waals surface area (Å²) >= 11 is 0. The first-order valence-electron chi connectivity index (χ1n) is 14.7. The summed E-state index contributed by atoms with van der Waals surface area (Å²) in [6.07, 6.45) is 1.72. The van der Waals surface area contributed by atoms with Crippen molar-refractivity contribution in [2.75, 3.05) is 18.0 Å². The Morgan fingerprint density at radius 2 is 1.76 bits per heavy atom. The van der Waals surface area contributed by atoms with Gasteiger partial charge in [-0.25, -0.2) is 9.59 Å². The fraction of sp³-hybridized carbons (Fsp3) is 0.545. The molecule has 1 unspecified atom stereocenters. The van der Waals surface area contributed by atoms with Crippen LogP contribution in [0.2, 0.25) is 0 Å². The maximum absolute atomic E-state index is 13.3. The van der Waals surface area contributed by atoms with Crippen molar-refractivity contribution in [1.29, 1.82) is 5.41 Å². The maximum Gasteiger partial charge on any atom is 0.410 e. The van der Waals surface area contributed by atoms with Crippen molar-refractivity contribution in [3.05, 3.63) is 65.2 Å². The van der Waals surface area contributed by atoms with Gasteiger partial charge >= 0.3 is 12.2 Å². The third-order valence-electron chi connectivity index (χ3n) is 8.03. The number of ether oxygens (including phenoxy) is 2. The van der Waals surface area contributed by atoms with E-state index < -0.39 is 5.60 Å². The summed E-state index contributed by atoms with van der Waals surface area (Å²) in [6, 6.07) is 15.8. The molecule has 0 radical (unpaired) electrons. The Bertz CT molecular complexity index is 1250. The van der Waals surface area contributed by atoms with Crippen molar-refractivity contribution in [3.63, 3.8) is 0 Å². The first kappa shape index (κ1) is 30.4. The van der Waals surface area contributed by atoms with Crippen molar-refractivity contribution in [2.45, 2.75) is 98.6 Å². The molecule has 8 nitrogen and oxygen atoms in total. The molecule has 2 heterocycles. The van der Waals surface area contributed by atoms with Crippen LogP contribution in [0.15, 0.2) is 48.5 Å². The smallest absolute Gasteiger partial charge is 0.410 e. The molecule has 41 heavy (non-hydrogen) atoms. The molecule has 0 bridgehead atoms. The van der Waals surface area contributed by atoms with E-state index in [-0.39, 0.29) is 36.3 Å². The van der Waals surface area contributed by atoms with Crippen LogP contribution >= 0.6 is 0 Å². The second-order valence-corrected chi connectivity index (χ2v) is 13.4. The number of benzene rings is 2. The molecule has 2 amide bonds. The fourth-order valence-electron chi connectivity index (χ4n) is 5.40. The van der Waals surface area contributed by atoms with Gasteiger partial charge in [-0.1, -0.05) is 63.2 Å². The second-order valence-electron chi connectivity index (χ2n) is 13.4. The first-order chi connectivity index (χ1) is 19.2. The van der Waals surface area contributed by atoms with Gasteiger partial charge in [0.2, 0.25) is 0 Å². The van der Waals surface area contributed by atoms with Crippen LogP contribution in [0, 0.1) is 10.8 Å². The standard InChI is InChI=1S/C33H46N4O4/c1-23(32(2,3)4)36(30(38)40-22-24-12-9-8-10-13-24)20-25-15-16-28-26(18-25)19-29(34)37(28)21-27-14-11-17-35(27)31(39)41-33(5,6)7/h8-10,12-13,15-16,18,23,27,34H,11,14,17,19-22H2,1-7H3/t23-,27?/m0/s1. The van der Waals surface area contributed by atoms with Crippen molar-refractivity contribution in [1.82, 2.24) is 9.80 Å². The molecule has 222 valence electrons. The number of hydrogen-bond donors (Lipinski definition) is 1. The molecular formula is C33H46N4O4. The summed E-state index contributed by atoms with van der Waals surface area (Å²) in [4.78, 5) is 31.8. The molecule has 0 saturated carbocycles. The minimum Gasteiger partial charge on any atom is -0.445 e. The van der Waals surface area contributed by atoms with Crippen LogP contribution in [0.25, 0.3) is 0 Å². The Morgan fingerprint density at radius 3 is 2.41 bits per heavy atom. The van der Waals surface area contributed by atoms with Gasteiger partial charge in [-0.15, -0.1) is 0 Å². The van der Waals surface area contributed by atoms with Gasteiger partial charge in [0.05, 0.1) is 6.04 Å². The van der Waals surface area contributed by atoms with E-state index in [0.717, 1.165) is 35.2 Å². The second kappa shape index (κ2) is 12.1. The highest BCUT2D eigenvalue weighted by Crippen LogP contribution is 2.33. The summed E-state index contributed by atoms with van der Waals surface area (Å²) in [5, 5.41) is 8.75. The van der Waals surface area contributed by atoms with Gasteiger partial charge in [-0.05, 0) is 68.7 Å². The number of carbonyl (C=O) groups is 2. The molecule has 4 rings (SSSR count). The lowest BCUT2D eigenvalue weighted by Gasteiger charge is -2.37. The molecule has 0 spiro atoms. The number of fused-ring (bicyclic) bond motifs is 1. The highest BCUT2D eigenvalue weighted by Gasteiger charge is 2.36. The van der Waals surface area contributed by atoms with Gasteiger partial charge in [0, 0.05) is 37.8 Å². The number of likely N-dealkylation sites (tertiary alicyclic amines) is 1. The van der Waals surface area contributed by atoms with E-state index in [1.807, 2.05) is 73.0 Å². The van der Waals surface area contributed by atoms with Crippen LogP contribution < -0.4 is 4.90 Å². The Labute approximate surface area is 245 Å². The molecule has 1 N–H and O–H groups in total. The first-order valence-corrected chi connectivity index (χ1v) is 14.7. The largest absolute Gasteiger partial charge is 0.445 e. The number of nitrogens with zero attached hydrogens (tertiary/aromatic N) is 3. The van der Waals surface area contributed by atoms with Gasteiger partial charge in [-0.2, -0.15) is 0 Å². The van der Waals surface area contributed by atoms with Crippen molar-refractivity contribution in [2.24, 2.45) is 5.41 Å². The molecule has 0 aromatic heterocycles. The van der Waals surface area contributed by atoms with E-state index in [1.54, 1.807) is 4.90 Å². The van der Waals surface area contributed by atoms with Gasteiger partial charge in [0.1, 0.15) is 18.0 Å². The summed E-state index contributed by atoms with van der Waals surface area (Å²) in [5.74, 6) is 0.523. The van der Waals surface area contributed by atoms with Crippen molar-refractivity contribution >= 4 is 23.7 Å². The van der Waals surface area contributed by atoms with Gasteiger partial charge in [0.15, 0.2) is 0 Å². The predicted octanol–water partition coefficient (Wildman–Crippen LogP) is 7.00. The number of rotatable bonds is 7. The van der Waals surface area contributed by atoms with Crippen LogP contribution in [0.4, 0.5) is 15.3 Å². The quantitative estimate of drug-likeness (QED) is 0.393. The Kier molecular flexibility index (Phi) is 9.00. The van der Waals surface area contributed by atoms with E-state index in [4.69, 9.17) is 14.9 Å². The average molecular weight is 563 g/mol. The topological polar surface area (TPSA) is 86.2 Å². The zero-order valence-corrected chi connectivity index (χ0v) is 25.7. The number of amidine groups is 1. The third kappa shape index (κ3) is 7.60.